The van der Waals surface area contributed by atoms with Crippen molar-refractivity contribution in [2.45, 2.75) is 0 Å². The van der Waals surface area contributed by atoms with Gasteiger partial charge in [0.05, 0.1) is 40.1 Å². The zero-order valence-electron chi connectivity index (χ0n) is 14.0. The normalized spacial score (nSPS) is 10.2. The molecule has 0 fully saturated rings. The van der Waals surface area contributed by atoms with Gasteiger partial charge in [-0.15, -0.1) is 0 Å². The van der Waals surface area contributed by atoms with Gasteiger partial charge in [-0.3, -0.25) is 14.6 Å². The summed E-state index contributed by atoms with van der Waals surface area (Å²) in [6.07, 6.45) is 1.36. The fourth-order valence-corrected chi connectivity index (χ4v) is 1.92. The topological polar surface area (TPSA) is 113 Å². The van der Waals surface area contributed by atoms with Crippen molar-refractivity contribution in [3.63, 3.8) is 0 Å². The largest absolute Gasteiger partial charge is 0.481 e. The molecular formula is C15H16N4O6. The second kappa shape index (κ2) is 8.13. The standard InChI is InChI=1S/C15H16N4O6/c1-22-10-8-11(23-2)18-14(17-10)13(20)9-6-5-7-16-12(9)15(21)19(24-3)25-4/h5-8H,1-4H3. The molecule has 2 heterocycles. The summed E-state index contributed by atoms with van der Waals surface area (Å²) in [5.41, 5.74) is -0.205. The van der Waals surface area contributed by atoms with Gasteiger partial charge < -0.3 is 9.47 Å². The molecule has 0 radical (unpaired) electrons. The molecule has 0 spiro atoms. The van der Waals surface area contributed by atoms with Gasteiger partial charge in [0.2, 0.25) is 23.4 Å². The Morgan fingerprint density at radius 3 is 2.12 bits per heavy atom. The van der Waals surface area contributed by atoms with Gasteiger partial charge in [-0.2, -0.15) is 9.97 Å². The first-order valence-corrected chi connectivity index (χ1v) is 6.95. The summed E-state index contributed by atoms with van der Waals surface area (Å²) in [5.74, 6) is -1.32. The SMILES string of the molecule is COc1cc(OC)nc(C(=O)c2cccnc2C(=O)N(OC)OC)n1. The lowest BCUT2D eigenvalue weighted by molar-refractivity contribution is -0.299. The van der Waals surface area contributed by atoms with Gasteiger partial charge in [0, 0.05) is 6.20 Å². The van der Waals surface area contributed by atoms with E-state index in [1.807, 2.05) is 0 Å². The van der Waals surface area contributed by atoms with Crippen LogP contribution >= 0.6 is 0 Å². The van der Waals surface area contributed by atoms with Crippen molar-refractivity contribution < 1.29 is 28.7 Å². The molecule has 0 aliphatic rings. The molecule has 0 atom stereocenters. The Balaban J connectivity index is 2.49. The first kappa shape index (κ1) is 18.2. The summed E-state index contributed by atoms with van der Waals surface area (Å²) in [6.45, 7) is 0. The summed E-state index contributed by atoms with van der Waals surface area (Å²) in [6, 6.07) is 4.34. The summed E-state index contributed by atoms with van der Waals surface area (Å²) < 4.78 is 10.0. The lowest BCUT2D eigenvalue weighted by Gasteiger charge is -2.16. The highest BCUT2D eigenvalue weighted by molar-refractivity contribution is 6.12. The van der Waals surface area contributed by atoms with E-state index >= 15 is 0 Å². The van der Waals surface area contributed by atoms with Gasteiger partial charge in [0.25, 0.3) is 0 Å². The number of hydrogen-bond acceptors (Lipinski definition) is 9. The molecule has 10 heteroatoms. The van der Waals surface area contributed by atoms with Crippen LogP contribution in [0.4, 0.5) is 0 Å². The van der Waals surface area contributed by atoms with E-state index < -0.39 is 11.7 Å². The number of carbonyl (C=O) groups is 2. The third-order valence-electron chi connectivity index (χ3n) is 3.05. The number of rotatable bonds is 7. The van der Waals surface area contributed by atoms with Crippen molar-refractivity contribution in [1.82, 2.24) is 20.2 Å². The molecule has 0 N–H and O–H groups in total. The second-order valence-corrected chi connectivity index (χ2v) is 4.43. The zero-order chi connectivity index (χ0) is 18.4. The van der Waals surface area contributed by atoms with Crippen molar-refractivity contribution in [3.05, 3.63) is 41.5 Å². The van der Waals surface area contributed by atoms with Gasteiger partial charge in [-0.1, -0.05) is 5.23 Å². The van der Waals surface area contributed by atoms with E-state index in [1.165, 1.54) is 52.8 Å². The summed E-state index contributed by atoms with van der Waals surface area (Å²) in [5, 5.41) is 0.589. The molecule has 0 bridgehead atoms. The number of hydrogen-bond donors (Lipinski definition) is 0. The Hall–Kier alpha value is -3.11. The van der Waals surface area contributed by atoms with Gasteiger partial charge in [-0.25, -0.2) is 9.68 Å². The maximum Gasteiger partial charge on any atom is 0.322 e. The van der Waals surface area contributed by atoms with Gasteiger partial charge in [-0.05, 0) is 12.1 Å². The quantitative estimate of drug-likeness (QED) is 0.526. The first-order chi connectivity index (χ1) is 12.0. The number of methoxy groups -OCH3 is 2. The average molecular weight is 348 g/mol. The molecule has 0 saturated carbocycles. The Bertz CT molecular complexity index is 756. The fraction of sp³-hybridized carbons (Fsp3) is 0.267. The Morgan fingerprint density at radius 1 is 1.00 bits per heavy atom. The van der Waals surface area contributed by atoms with Crippen molar-refractivity contribution in [1.29, 1.82) is 0 Å². The molecule has 1 amide bonds. The number of aromatic nitrogens is 3. The molecule has 2 rings (SSSR count). The molecule has 10 nitrogen and oxygen atoms in total. The van der Waals surface area contributed by atoms with Crippen LogP contribution in [0.1, 0.15) is 26.7 Å². The van der Waals surface area contributed by atoms with Gasteiger partial charge in [0.15, 0.2) is 0 Å². The number of nitrogens with zero attached hydrogens (tertiary/aromatic N) is 4. The third kappa shape index (κ3) is 3.87. The zero-order valence-corrected chi connectivity index (χ0v) is 14.0. The molecule has 25 heavy (non-hydrogen) atoms. The van der Waals surface area contributed by atoms with E-state index in [1.54, 1.807) is 0 Å². The van der Waals surface area contributed by atoms with Crippen LogP contribution in [0.25, 0.3) is 0 Å². The molecule has 0 saturated heterocycles. The van der Waals surface area contributed by atoms with Gasteiger partial charge in [0.1, 0.15) is 5.69 Å². The van der Waals surface area contributed by atoms with Crippen molar-refractivity contribution in [2.75, 3.05) is 28.4 Å². The lowest BCUT2D eigenvalue weighted by atomic mass is 10.1. The number of hydroxylamine groups is 2. The van der Waals surface area contributed by atoms with Crippen LogP contribution in [0, 0.1) is 0 Å². The van der Waals surface area contributed by atoms with Crippen molar-refractivity contribution in [3.8, 4) is 11.8 Å². The van der Waals surface area contributed by atoms with Gasteiger partial charge >= 0.3 is 5.91 Å². The van der Waals surface area contributed by atoms with Crippen LogP contribution in [0.3, 0.4) is 0 Å². The molecule has 0 unspecified atom stereocenters. The van der Waals surface area contributed by atoms with E-state index in [2.05, 4.69) is 15.0 Å². The van der Waals surface area contributed by atoms with Crippen LogP contribution in [-0.2, 0) is 9.68 Å². The minimum absolute atomic E-state index is 0.0260. The number of pyridine rings is 1. The molecule has 0 aliphatic carbocycles. The van der Waals surface area contributed by atoms with E-state index in [-0.39, 0.29) is 28.8 Å². The predicted octanol–water partition coefficient (Wildman–Crippen LogP) is 0.685. The molecule has 2 aromatic rings. The van der Waals surface area contributed by atoms with Crippen LogP contribution < -0.4 is 9.47 Å². The first-order valence-electron chi connectivity index (χ1n) is 6.95. The second-order valence-electron chi connectivity index (χ2n) is 4.43. The molecule has 132 valence electrons. The highest BCUT2D eigenvalue weighted by Crippen LogP contribution is 2.18. The van der Waals surface area contributed by atoms with Crippen LogP contribution in [0.2, 0.25) is 0 Å². The lowest BCUT2D eigenvalue weighted by Crippen LogP contribution is -2.31. The van der Waals surface area contributed by atoms with Crippen LogP contribution in [-0.4, -0.2) is 60.3 Å². The highest BCUT2D eigenvalue weighted by atomic mass is 16.9. The van der Waals surface area contributed by atoms with Crippen molar-refractivity contribution >= 4 is 11.7 Å². The maximum absolute atomic E-state index is 12.8. The Morgan fingerprint density at radius 2 is 1.60 bits per heavy atom. The minimum atomic E-state index is -0.760. The minimum Gasteiger partial charge on any atom is -0.481 e. The number of amides is 1. The average Bonchev–Trinajstić information content (AvgIpc) is 2.67. The van der Waals surface area contributed by atoms with E-state index in [4.69, 9.17) is 19.1 Å². The number of carbonyl (C=O) groups excluding carboxylic acids is 2. The molecule has 2 aromatic heterocycles. The summed E-state index contributed by atoms with van der Waals surface area (Å²) >= 11 is 0. The monoisotopic (exact) mass is 348 g/mol. The van der Waals surface area contributed by atoms with Crippen LogP contribution in [0.5, 0.6) is 11.8 Å². The molecular weight excluding hydrogens is 332 g/mol. The summed E-state index contributed by atoms with van der Waals surface area (Å²) in [7, 11) is 5.26. The van der Waals surface area contributed by atoms with E-state index in [0.29, 0.717) is 5.23 Å². The van der Waals surface area contributed by atoms with Crippen LogP contribution in [0.15, 0.2) is 24.4 Å². The Kier molecular flexibility index (Phi) is 5.93. The van der Waals surface area contributed by atoms with E-state index in [9.17, 15) is 9.59 Å². The summed E-state index contributed by atoms with van der Waals surface area (Å²) in [4.78, 5) is 46.6. The molecule has 0 aliphatic heterocycles. The number of ketones is 1. The van der Waals surface area contributed by atoms with E-state index in [0.717, 1.165) is 0 Å². The van der Waals surface area contributed by atoms with Crippen molar-refractivity contribution in [2.24, 2.45) is 0 Å². The highest BCUT2D eigenvalue weighted by Gasteiger charge is 2.26. The smallest absolute Gasteiger partial charge is 0.322 e. The third-order valence-corrected chi connectivity index (χ3v) is 3.05. The number of ether oxygens (including phenoxy) is 2. The maximum atomic E-state index is 12.8. The Labute approximate surface area is 143 Å². The fourth-order valence-electron chi connectivity index (χ4n) is 1.92. The predicted molar refractivity (Wildman–Crippen MR) is 83.0 cm³/mol. The molecule has 0 aromatic carbocycles.